The summed E-state index contributed by atoms with van der Waals surface area (Å²) >= 11 is 0. The molecule has 2 aromatic rings. The van der Waals surface area contributed by atoms with Crippen LogP contribution in [0.1, 0.15) is 116 Å². The number of aryl methyl sites for hydroxylation is 2. The van der Waals surface area contributed by atoms with E-state index in [-0.39, 0.29) is 19.3 Å². The van der Waals surface area contributed by atoms with E-state index >= 15 is 0 Å². The van der Waals surface area contributed by atoms with Crippen molar-refractivity contribution in [1.82, 2.24) is 15.5 Å². The Kier molecular flexibility index (Phi) is 15.7. The van der Waals surface area contributed by atoms with Crippen LogP contribution in [0.15, 0.2) is 48.5 Å². The molecule has 0 aliphatic heterocycles. The zero-order valence-electron chi connectivity index (χ0n) is 32.4. The van der Waals surface area contributed by atoms with Gasteiger partial charge >= 0.3 is 12.1 Å². The van der Waals surface area contributed by atoms with Crippen LogP contribution in [-0.4, -0.2) is 64.0 Å². The van der Waals surface area contributed by atoms with Crippen molar-refractivity contribution >= 4 is 29.8 Å². The number of benzene rings is 2. The normalized spacial score (nSPS) is 14.1. The minimum Gasteiger partial charge on any atom is -0.458 e. The number of primary amides is 1. The van der Waals surface area contributed by atoms with E-state index in [2.05, 4.69) is 24.5 Å². The van der Waals surface area contributed by atoms with Crippen LogP contribution in [0.2, 0.25) is 0 Å². The van der Waals surface area contributed by atoms with Gasteiger partial charge in [0.05, 0.1) is 0 Å². The fourth-order valence-electron chi connectivity index (χ4n) is 5.76. The Labute approximate surface area is 304 Å². The predicted octanol–water partition coefficient (Wildman–Crippen LogP) is 6.23. The molecule has 51 heavy (non-hydrogen) atoms. The highest BCUT2D eigenvalue weighted by Gasteiger charge is 2.40. The van der Waals surface area contributed by atoms with E-state index in [1.165, 1.54) is 4.90 Å². The van der Waals surface area contributed by atoms with E-state index in [9.17, 15) is 24.0 Å². The molecule has 0 aliphatic carbocycles. The molecule has 0 aromatic heterocycles. The van der Waals surface area contributed by atoms with Gasteiger partial charge in [0, 0.05) is 18.9 Å². The molecule has 0 fully saturated rings. The monoisotopic (exact) mass is 708 g/mol. The van der Waals surface area contributed by atoms with E-state index < -0.39 is 65.2 Å². The number of nitrogens with two attached hydrogens (primary N) is 1. The van der Waals surface area contributed by atoms with Gasteiger partial charge in [-0.2, -0.15) is 0 Å². The molecule has 2 rings (SSSR count). The van der Waals surface area contributed by atoms with E-state index in [1.807, 2.05) is 69.3 Å². The van der Waals surface area contributed by atoms with Crippen molar-refractivity contribution in [3.8, 4) is 0 Å². The molecule has 2 aromatic carbocycles. The first-order valence-corrected chi connectivity index (χ1v) is 17.8. The molecule has 0 spiro atoms. The van der Waals surface area contributed by atoms with E-state index in [0.717, 1.165) is 23.1 Å². The lowest BCUT2D eigenvalue weighted by atomic mass is 9.94. The molecule has 0 saturated heterocycles. The first-order valence-electron chi connectivity index (χ1n) is 17.8. The zero-order valence-corrected chi connectivity index (χ0v) is 32.4. The van der Waals surface area contributed by atoms with Crippen LogP contribution in [0.5, 0.6) is 0 Å². The molecular formula is C40H60N4O7. The smallest absolute Gasteiger partial charge is 0.408 e. The van der Waals surface area contributed by atoms with Crippen molar-refractivity contribution in [2.75, 3.05) is 0 Å². The maximum Gasteiger partial charge on any atom is 0.408 e. The van der Waals surface area contributed by atoms with Gasteiger partial charge in [-0.25, -0.2) is 9.59 Å². The summed E-state index contributed by atoms with van der Waals surface area (Å²) in [5.41, 5.74) is 6.90. The summed E-state index contributed by atoms with van der Waals surface area (Å²) in [5.74, 6) is -2.15. The minimum absolute atomic E-state index is 0.115. The quantitative estimate of drug-likeness (QED) is 0.175. The van der Waals surface area contributed by atoms with Crippen LogP contribution in [0, 0.1) is 19.8 Å². The second-order valence-electron chi connectivity index (χ2n) is 15.9. The summed E-state index contributed by atoms with van der Waals surface area (Å²) in [7, 11) is 0. The number of ether oxygens (including phenoxy) is 2. The molecule has 11 nitrogen and oxygen atoms in total. The first kappa shape index (κ1) is 42.8. The van der Waals surface area contributed by atoms with Crippen LogP contribution in [0.4, 0.5) is 4.79 Å². The minimum atomic E-state index is -1.25. The molecule has 0 radical (unpaired) electrons. The van der Waals surface area contributed by atoms with Crippen molar-refractivity contribution in [3.63, 3.8) is 0 Å². The van der Waals surface area contributed by atoms with Crippen LogP contribution < -0.4 is 16.4 Å². The van der Waals surface area contributed by atoms with Gasteiger partial charge in [-0.3, -0.25) is 14.4 Å². The average molecular weight is 709 g/mol. The summed E-state index contributed by atoms with van der Waals surface area (Å²) in [6, 6.07) is 10.9. The molecule has 0 aliphatic rings. The van der Waals surface area contributed by atoms with E-state index in [0.29, 0.717) is 17.9 Å². The fourth-order valence-corrected chi connectivity index (χ4v) is 5.76. The second-order valence-corrected chi connectivity index (χ2v) is 15.9. The SMILES string of the molecule is Cc1cc(C)cc(C(C(=O)NC(Cc2ccccc2)C(=O)OC(C)(C)C)N(C(=O)C(CCC(N)=O)NC(=O)OC(C)(C)C)C(C)CCC(C)C)c1. The molecule has 4 unspecified atom stereocenters. The number of carbonyl (C=O) groups is 5. The summed E-state index contributed by atoms with van der Waals surface area (Å²) in [6.07, 6.45) is 0.271. The van der Waals surface area contributed by atoms with E-state index in [4.69, 9.17) is 15.2 Å². The summed E-state index contributed by atoms with van der Waals surface area (Å²) < 4.78 is 11.2. The summed E-state index contributed by atoms with van der Waals surface area (Å²) in [4.78, 5) is 69.8. The molecule has 4 N–H and O–H groups in total. The first-order chi connectivity index (χ1) is 23.6. The zero-order chi connectivity index (χ0) is 38.7. The maximum atomic E-state index is 14.9. The van der Waals surface area contributed by atoms with Crippen molar-refractivity contribution in [1.29, 1.82) is 0 Å². The van der Waals surface area contributed by atoms with Gasteiger partial charge < -0.3 is 30.7 Å². The molecule has 0 saturated carbocycles. The highest BCUT2D eigenvalue weighted by molar-refractivity contribution is 5.94. The average Bonchev–Trinajstić information content (AvgIpc) is 2.98. The molecule has 0 heterocycles. The van der Waals surface area contributed by atoms with Crippen molar-refractivity contribution in [3.05, 3.63) is 70.8 Å². The topological polar surface area (TPSA) is 157 Å². The highest BCUT2D eigenvalue weighted by atomic mass is 16.6. The number of amides is 4. The van der Waals surface area contributed by atoms with Crippen molar-refractivity contribution < 1.29 is 33.4 Å². The third kappa shape index (κ3) is 15.2. The fraction of sp³-hybridized carbons (Fsp3) is 0.575. The third-order valence-corrected chi connectivity index (χ3v) is 7.94. The number of nitrogens with zero attached hydrogens (tertiary/aromatic N) is 1. The Balaban J connectivity index is 2.77. The van der Waals surface area contributed by atoms with Crippen LogP contribution >= 0.6 is 0 Å². The Morgan fingerprint density at radius 1 is 0.765 bits per heavy atom. The molecular weight excluding hydrogens is 648 g/mol. The van der Waals surface area contributed by atoms with Gasteiger partial charge in [-0.1, -0.05) is 73.5 Å². The van der Waals surface area contributed by atoms with Gasteiger partial charge in [0.15, 0.2) is 0 Å². The number of esters is 1. The van der Waals surface area contributed by atoms with Gasteiger partial charge in [-0.05, 0) is 98.6 Å². The van der Waals surface area contributed by atoms with Crippen LogP contribution in [0.3, 0.4) is 0 Å². The molecule has 11 heteroatoms. The Morgan fingerprint density at radius 3 is 1.84 bits per heavy atom. The van der Waals surface area contributed by atoms with Gasteiger partial charge in [0.1, 0.15) is 29.3 Å². The standard InChI is InChI=1S/C40H60N4O7/c1-25(2)17-18-28(5)44(36(47)31(19-20-33(41)45)43-38(49)51-40(9,10)11)34(30-22-26(3)21-27(4)23-30)35(46)42-32(37(48)50-39(6,7)8)24-29-15-13-12-14-16-29/h12-16,21-23,25,28,31-32,34H,17-20,24H2,1-11H3,(H2,41,45)(H,42,46)(H,43,49). The Hall–Kier alpha value is -4.41. The Bertz CT molecular complexity index is 1470. The number of carbonyl (C=O) groups excluding carboxylic acids is 5. The predicted molar refractivity (Wildman–Crippen MR) is 199 cm³/mol. The van der Waals surface area contributed by atoms with Gasteiger partial charge in [0.25, 0.3) is 0 Å². The lowest BCUT2D eigenvalue weighted by Gasteiger charge is -2.39. The number of rotatable bonds is 16. The molecule has 282 valence electrons. The van der Waals surface area contributed by atoms with Crippen molar-refractivity contribution in [2.45, 2.75) is 144 Å². The molecule has 0 bridgehead atoms. The Morgan fingerprint density at radius 2 is 1.33 bits per heavy atom. The van der Waals surface area contributed by atoms with Crippen LogP contribution in [0.25, 0.3) is 0 Å². The van der Waals surface area contributed by atoms with Gasteiger partial charge in [0.2, 0.25) is 17.7 Å². The molecule has 4 atom stereocenters. The highest BCUT2D eigenvalue weighted by Crippen LogP contribution is 2.30. The number of hydrogen-bond acceptors (Lipinski definition) is 7. The third-order valence-electron chi connectivity index (χ3n) is 7.94. The summed E-state index contributed by atoms with van der Waals surface area (Å²) in [5, 5.41) is 5.60. The molecule has 4 amide bonds. The largest absolute Gasteiger partial charge is 0.458 e. The summed E-state index contributed by atoms with van der Waals surface area (Å²) in [6.45, 7) is 20.2. The lowest BCUT2D eigenvalue weighted by Crippen LogP contribution is -2.57. The maximum absolute atomic E-state index is 14.9. The lowest BCUT2D eigenvalue weighted by molar-refractivity contribution is -0.159. The van der Waals surface area contributed by atoms with E-state index in [1.54, 1.807) is 41.5 Å². The van der Waals surface area contributed by atoms with Gasteiger partial charge in [-0.15, -0.1) is 0 Å². The van der Waals surface area contributed by atoms with Crippen LogP contribution in [-0.2, 0) is 35.1 Å². The number of alkyl carbamates (subject to hydrolysis) is 1. The second kappa shape index (κ2) is 18.7. The van der Waals surface area contributed by atoms with Crippen molar-refractivity contribution in [2.24, 2.45) is 11.7 Å². The number of hydrogen-bond donors (Lipinski definition) is 3. The number of nitrogens with one attached hydrogen (secondary N) is 2.